The Morgan fingerprint density at radius 2 is 2.05 bits per heavy atom. The van der Waals surface area contributed by atoms with Crippen LogP contribution in [-0.2, 0) is 11.2 Å². The molecule has 2 aliphatic heterocycles. The quantitative estimate of drug-likeness (QED) is 0.784. The van der Waals surface area contributed by atoms with Gasteiger partial charge in [-0.3, -0.25) is 0 Å². The number of morpholine rings is 1. The van der Waals surface area contributed by atoms with Gasteiger partial charge in [0.1, 0.15) is 0 Å². The van der Waals surface area contributed by atoms with Crippen LogP contribution in [0.1, 0.15) is 5.56 Å². The number of nitrogens with zero attached hydrogens (tertiary/aromatic N) is 2. The van der Waals surface area contributed by atoms with E-state index < -0.39 is 0 Å². The van der Waals surface area contributed by atoms with E-state index in [0.29, 0.717) is 6.42 Å². The number of benzene rings is 1. The number of fused-ring (bicyclic) bond motifs is 1. The van der Waals surface area contributed by atoms with Crippen LogP contribution in [0.25, 0.3) is 0 Å². The monoisotopic (exact) mass is 272 g/mol. The minimum atomic E-state index is 0.271. The van der Waals surface area contributed by atoms with Crippen molar-refractivity contribution in [3.05, 3.63) is 35.5 Å². The van der Waals surface area contributed by atoms with Crippen LogP contribution in [0.3, 0.4) is 0 Å². The molecule has 3 rings (SSSR count). The predicted molar refractivity (Wildman–Crippen MR) is 72.4 cm³/mol. The number of hydrogen-bond donors (Lipinski definition) is 0. The molecule has 5 nitrogen and oxygen atoms in total. The average Bonchev–Trinajstić information content (AvgIpc) is 2.95. The van der Waals surface area contributed by atoms with Gasteiger partial charge < -0.3 is 19.1 Å². The van der Waals surface area contributed by atoms with E-state index in [1.807, 2.05) is 24.4 Å². The van der Waals surface area contributed by atoms with Gasteiger partial charge in [-0.25, -0.2) is 0 Å². The SMILES string of the molecule is N#CC(=CN1CCOCC1)Cc1ccc2c(c1)OCO2. The average molecular weight is 272 g/mol. The van der Waals surface area contributed by atoms with Crippen LogP contribution in [0.4, 0.5) is 0 Å². The highest BCUT2D eigenvalue weighted by atomic mass is 16.7. The summed E-state index contributed by atoms with van der Waals surface area (Å²) >= 11 is 0. The third-order valence-corrected chi connectivity index (χ3v) is 3.36. The molecule has 2 heterocycles. The second kappa shape index (κ2) is 5.85. The number of nitriles is 1. The molecule has 5 heteroatoms. The van der Waals surface area contributed by atoms with Crippen molar-refractivity contribution < 1.29 is 14.2 Å². The van der Waals surface area contributed by atoms with Crippen molar-refractivity contribution in [1.29, 1.82) is 5.26 Å². The zero-order chi connectivity index (χ0) is 13.8. The lowest BCUT2D eigenvalue weighted by Crippen LogP contribution is -2.32. The molecule has 0 aromatic heterocycles. The van der Waals surface area contributed by atoms with Crippen LogP contribution in [-0.4, -0.2) is 38.0 Å². The lowest BCUT2D eigenvalue weighted by Gasteiger charge is -2.25. The van der Waals surface area contributed by atoms with Gasteiger partial charge in [0.25, 0.3) is 0 Å². The summed E-state index contributed by atoms with van der Waals surface area (Å²) in [5, 5.41) is 9.28. The normalized spacial score (nSPS) is 17.9. The second-order valence-corrected chi connectivity index (χ2v) is 4.78. The Morgan fingerprint density at radius 3 is 2.85 bits per heavy atom. The molecule has 0 saturated carbocycles. The van der Waals surface area contributed by atoms with Crippen molar-refractivity contribution in [2.45, 2.75) is 6.42 Å². The molecule has 0 atom stereocenters. The van der Waals surface area contributed by atoms with E-state index in [1.165, 1.54) is 0 Å². The Balaban J connectivity index is 1.71. The van der Waals surface area contributed by atoms with E-state index in [-0.39, 0.29) is 6.79 Å². The molecule has 1 fully saturated rings. The maximum Gasteiger partial charge on any atom is 0.231 e. The van der Waals surface area contributed by atoms with Gasteiger partial charge in [0.05, 0.1) is 19.3 Å². The second-order valence-electron chi connectivity index (χ2n) is 4.78. The van der Waals surface area contributed by atoms with Gasteiger partial charge in [-0.15, -0.1) is 0 Å². The molecular formula is C15H16N2O3. The van der Waals surface area contributed by atoms with Crippen molar-refractivity contribution in [3.8, 4) is 17.6 Å². The van der Waals surface area contributed by atoms with E-state index >= 15 is 0 Å². The molecule has 0 spiro atoms. The molecule has 104 valence electrons. The predicted octanol–water partition coefficient (Wildman–Crippen LogP) is 1.70. The Bertz CT molecular complexity index is 557. The highest BCUT2D eigenvalue weighted by Gasteiger charge is 2.14. The number of ether oxygens (including phenoxy) is 3. The largest absolute Gasteiger partial charge is 0.454 e. The zero-order valence-corrected chi connectivity index (χ0v) is 11.2. The van der Waals surface area contributed by atoms with Crippen LogP contribution in [0, 0.1) is 11.3 Å². The molecule has 1 aromatic carbocycles. The minimum absolute atomic E-state index is 0.271. The fourth-order valence-electron chi connectivity index (χ4n) is 2.31. The molecule has 1 saturated heterocycles. The van der Waals surface area contributed by atoms with Crippen LogP contribution in [0.2, 0.25) is 0 Å². The fourth-order valence-corrected chi connectivity index (χ4v) is 2.31. The molecule has 0 N–H and O–H groups in total. The summed E-state index contributed by atoms with van der Waals surface area (Å²) in [7, 11) is 0. The van der Waals surface area contributed by atoms with Gasteiger partial charge >= 0.3 is 0 Å². The highest BCUT2D eigenvalue weighted by molar-refractivity contribution is 5.46. The Morgan fingerprint density at radius 1 is 1.25 bits per heavy atom. The summed E-state index contributed by atoms with van der Waals surface area (Å²) in [6, 6.07) is 8.07. The summed E-state index contributed by atoms with van der Waals surface area (Å²) in [5.41, 5.74) is 1.79. The highest BCUT2D eigenvalue weighted by Crippen LogP contribution is 2.33. The van der Waals surface area contributed by atoms with Gasteiger partial charge in [-0.05, 0) is 17.7 Å². The number of hydrogen-bond acceptors (Lipinski definition) is 5. The molecular weight excluding hydrogens is 256 g/mol. The molecule has 0 aliphatic carbocycles. The first-order chi connectivity index (χ1) is 9.85. The Kier molecular flexibility index (Phi) is 3.75. The summed E-state index contributed by atoms with van der Waals surface area (Å²) in [4.78, 5) is 2.13. The third-order valence-electron chi connectivity index (χ3n) is 3.36. The molecule has 20 heavy (non-hydrogen) atoms. The van der Waals surface area contributed by atoms with E-state index in [0.717, 1.165) is 48.9 Å². The molecule has 0 unspecified atom stereocenters. The van der Waals surface area contributed by atoms with Crippen molar-refractivity contribution in [1.82, 2.24) is 4.90 Å². The van der Waals surface area contributed by atoms with Gasteiger partial charge in [0.2, 0.25) is 6.79 Å². The zero-order valence-electron chi connectivity index (χ0n) is 11.2. The van der Waals surface area contributed by atoms with Gasteiger partial charge in [-0.2, -0.15) is 5.26 Å². The Labute approximate surface area is 118 Å². The van der Waals surface area contributed by atoms with E-state index in [4.69, 9.17) is 14.2 Å². The maximum absolute atomic E-state index is 9.28. The van der Waals surface area contributed by atoms with E-state index in [1.54, 1.807) is 0 Å². The van der Waals surface area contributed by atoms with E-state index in [9.17, 15) is 5.26 Å². The van der Waals surface area contributed by atoms with Gasteiger partial charge in [0, 0.05) is 31.3 Å². The molecule has 0 amide bonds. The van der Waals surface area contributed by atoms with Crippen LogP contribution in [0.5, 0.6) is 11.5 Å². The lowest BCUT2D eigenvalue weighted by atomic mass is 10.1. The van der Waals surface area contributed by atoms with Crippen molar-refractivity contribution in [2.24, 2.45) is 0 Å². The number of rotatable bonds is 3. The van der Waals surface area contributed by atoms with Crippen molar-refractivity contribution in [2.75, 3.05) is 33.1 Å². The summed E-state index contributed by atoms with van der Waals surface area (Å²) in [6.07, 6.45) is 2.54. The minimum Gasteiger partial charge on any atom is -0.454 e. The molecule has 0 bridgehead atoms. The topological polar surface area (TPSA) is 54.7 Å². The third kappa shape index (κ3) is 2.86. The first-order valence-corrected chi connectivity index (χ1v) is 6.66. The fraction of sp³-hybridized carbons (Fsp3) is 0.400. The standard InChI is InChI=1S/C15H16N2O3/c16-9-13(10-17-3-5-18-6-4-17)7-12-1-2-14-15(8-12)20-11-19-14/h1-2,8,10H,3-7,11H2. The first-order valence-electron chi connectivity index (χ1n) is 6.66. The Hall–Kier alpha value is -2.19. The van der Waals surface area contributed by atoms with E-state index in [2.05, 4.69) is 11.0 Å². The lowest BCUT2D eigenvalue weighted by molar-refractivity contribution is 0.0591. The van der Waals surface area contributed by atoms with Crippen LogP contribution >= 0.6 is 0 Å². The summed E-state index contributed by atoms with van der Waals surface area (Å²) in [6.45, 7) is 3.39. The maximum atomic E-state index is 9.28. The van der Waals surface area contributed by atoms with Crippen LogP contribution in [0.15, 0.2) is 30.0 Å². The molecule has 0 radical (unpaired) electrons. The molecule has 2 aliphatic rings. The first kappa shape index (κ1) is 12.8. The van der Waals surface area contributed by atoms with Crippen molar-refractivity contribution in [3.63, 3.8) is 0 Å². The van der Waals surface area contributed by atoms with Crippen LogP contribution < -0.4 is 9.47 Å². The van der Waals surface area contributed by atoms with Crippen molar-refractivity contribution >= 4 is 0 Å². The summed E-state index contributed by atoms with van der Waals surface area (Å²) in [5.74, 6) is 1.52. The molecule has 1 aromatic rings. The van der Waals surface area contributed by atoms with Gasteiger partial charge in [-0.1, -0.05) is 6.07 Å². The number of allylic oxidation sites excluding steroid dienone is 1. The summed E-state index contributed by atoms with van der Waals surface area (Å²) < 4.78 is 15.9. The van der Waals surface area contributed by atoms with Gasteiger partial charge in [0.15, 0.2) is 11.5 Å². The smallest absolute Gasteiger partial charge is 0.231 e.